The molecule has 1 atom stereocenters. The van der Waals surface area contributed by atoms with Crippen LogP contribution in [0.2, 0.25) is 0 Å². The van der Waals surface area contributed by atoms with Crippen LogP contribution in [0.1, 0.15) is 69.8 Å². The first-order valence-electron chi connectivity index (χ1n) is 7.49. The molecule has 0 saturated carbocycles. The summed E-state index contributed by atoms with van der Waals surface area (Å²) in [6, 6.07) is 10.7. The van der Waals surface area contributed by atoms with E-state index in [4.69, 9.17) is 11.6 Å². The molecule has 1 rings (SSSR count). The van der Waals surface area contributed by atoms with E-state index in [-0.39, 0.29) is 0 Å². The van der Waals surface area contributed by atoms with E-state index in [1.165, 1.54) is 56.9 Å². The smallest absolute Gasteiger partial charge is 0.0292 e. The zero-order chi connectivity index (χ0) is 13.1. The van der Waals surface area contributed by atoms with Gasteiger partial charge in [0.1, 0.15) is 0 Å². The van der Waals surface area contributed by atoms with Gasteiger partial charge in [-0.15, -0.1) is 11.6 Å². The molecule has 0 aliphatic rings. The Morgan fingerprint density at radius 1 is 0.889 bits per heavy atom. The molecular formula is C17H27Cl. The molecular weight excluding hydrogens is 240 g/mol. The normalized spacial score (nSPS) is 12.6. The van der Waals surface area contributed by atoms with Gasteiger partial charge in [-0.2, -0.15) is 0 Å². The fourth-order valence-electron chi connectivity index (χ4n) is 2.41. The van der Waals surface area contributed by atoms with Gasteiger partial charge in [0.2, 0.25) is 0 Å². The van der Waals surface area contributed by atoms with Gasteiger partial charge in [0.15, 0.2) is 0 Å². The second-order valence-electron chi connectivity index (χ2n) is 5.17. The van der Waals surface area contributed by atoms with Gasteiger partial charge in [0.25, 0.3) is 0 Å². The minimum absolute atomic E-state index is 0.545. The maximum Gasteiger partial charge on any atom is 0.0292 e. The number of halogens is 1. The number of hydrogen-bond acceptors (Lipinski definition) is 0. The SMILES string of the molecule is CCCCCCCCCC(CCl)c1ccccc1. The minimum Gasteiger partial charge on any atom is -0.126 e. The van der Waals surface area contributed by atoms with Gasteiger partial charge >= 0.3 is 0 Å². The Labute approximate surface area is 118 Å². The average Bonchev–Trinajstić information content (AvgIpc) is 2.43. The third-order valence-electron chi connectivity index (χ3n) is 3.61. The summed E-state index contributed by atoms with van der Waals surface area (Å²) in [7, 11) is 0. The summed E-state index contributed by atoms with van der Waals surface area (Å²) >= 11 is 6.08. The zero-order valence-electron chi connectivity index (χ0n) is 11.7. The second kappa shape index (κ2) is 10.4. The van der Waals surface area contributed by atoms with Crippen molar-refractivity contribution in [1.29, 1.82) is 0 Å². The summed E-state index contributed by atoms with van der Waals surface area (Å²) in [6.07, 6.45) is 10.9. The molecule has 0 nitrogen and oxygen atoms in total. The molecule has 1 aromatic rings. The Bertz CT molecular complexity index is 281. The fourth-order valence-corrected chi connectivity index (χ4v) is 2.74. The Morgan fingerprint density at radius 2 is 1.50 bits per heavy atom. The molecule has 0 aliphatic heterocycles. The van der Waals surface area contributed by atoms with Crippen molar-refractivity contribution in [3.63, 3.8) is 0 Å². The first kappa shape index (κ1) is 15.6. The van der Waals surface area contributed by atoms with Crippen LogP contribution in [0.5, 0.6) is 0 Å². The molecule has 0 spiro atoms. The van der Waals surface area contributed by atoms with Crippen LogP contribution in [0.15, 0.2) is 30.3 Å². The Hall–Kier alpha value is -0.490. The second-order valence-corrected chi connectivity index (χ2v) is 5.48. The molecule has 1 heteroatoms. The summed E-state index contributed by atoms with van der Waals surface area (Å²) in [6.45, 7) is 2.27. The molecule has 0 heterocycles. The van der Waals surface area contributed by atoms with Gasteiger partial charge < -0.3 is 0 Å². The van der Waals surface area contributed by atoms with Gasteiger partial charge in [0.05, 0.1) is 0 Å². The highest BCUT2D eigenvalue weighted by Crippen LogP contribution is 2.24. The minimum atomic E-state index is 0.545. The van der Waals surface area contributed by atoms with E-state index in [0.29, 0.717) is 5.92 Å². The van der Waals surface area contributed by atoms with E-state index in [1.807, 2.05) is 0 Å². The molecule has 18 heavy (non-hydrogen) atoms. The van der Waals surface area contributed by atoms with Gasteiger partial charge in [0, 0.05) is 5.88 Å². The summed E-state index contributed by atoms with van der Waals surface area (Å²) in [4.78, 5) is 0. The molecule has 0 fully saturated rings. The van der Waals surface area contributed by atoms with Gasteiger partial charge in [-0.1, -0.05) is 82.2 Å². The van der Waals surface area contributed by atoms with Crippen LogP contribution in [-0.4, -0.2) is 5.88 Å². The Balaban J connectivity index is 2.13. The maximum atomic E-state index is 6.08. The number of alkyl halides is 1. The van der Waals surface area contributed by atoms with Crippen molar-refractivity contribution < 1.29 is 0 Å². The largest absolute Gasteiger partial charge is 0.126 e. The van der Waals surface area contributed by atoms with E-state index in [9.17, 15) is 0 Å². The predicted octanol–water partition coefficient (Wildman–Crippen LogP) is 6.15. The Morgan fingerprint density at radius 3 is 2.11 bits per heavy atom. The monoisotopic (exact) mass is 266 g/mol. The highest BCUT2D eigenvalue weighted by Gasteiger charge is 2.08. The fraction of sp³-hybridized carbons (Fsp3) is 0.647. The van der Waals surface area contributed by atoms with E-state index >= 15 is 0 Å². The van der Waals surface area contributed by atoms with E-state index < -0.39 is 0 Å². The van der Waals surface area contributed by atoms with E-state index in [0.717, 1.165) is 5.88 Å². The van der Waals surface area contributed by atoms with Crippen molar-refractivity contribution in [2.75, 3.05) is 5.88 Å². The Kier molecular flexibility index (Phi) is 9.02. The average molecular weight is 267 g/mol. The van der Waals surface area contributed by atoms with Crippen LogP contribution in [0, 0.1) is 0 Å². The molecule has 0 bridgehead atoms. The summed E-state index contributed by atoms with van der Waals surface area (Å²) in [5.74, 6) is 1.29. The lowest BCUT2D eigenvalue weighted by Gasteiger charge is -2.14. The molecule has 0 radical (unpaired) electrons. The molecule has 0 amide bonds. The lowest BCUT2D eigenvalue weighted by Crippen LogP contribution is -2.00. The third-order valence-corrected chi connectivity index (χ3v) is 3.99. The van der Waals surface area contributed by atoms with Gasteiger partial charge in [-0.3, -0.25) is 0 Å². The first-order valence-corrected chi connectivity index (χ1v) is 8.02. The van der Waals surface area contributed by atoms with Gasteiger partial charge in [-0.05, 0) is 17.9 Å². The number of benzene rings is 1. The molecule has 0 N–H and O–H groups in total. The summed E-state index contributed by atoms with van der Waals surface area (Å²) < 4.78 is 0. The molecule has 0 aromatic heterocycles. The summed E-state index contributed by atoms with van der Waals surface area (Å²) in [5, 5.41) is 0. The number of hydrogen-bond donors (Lipinski definition) is 0. The standard InChI is InChI=1S/C17H27Cl/c1-2-3-4-5-6-7-9-14-17(15-18)16-12-10-8-11-13-16/h8,10-13,17H,2-7,9,14-15H2,1H3. The van der Waals surface area contributed by atoms with Crippen LogP contribution in [-0.2, 0) is 0 Å². The van der Waals surface area contributed by atoms with Crippen molar-refractivity contribution in [3.05, 3.63) is 35.9 Å². The van der Waals surface area contributed by atoms with Crippen molar-refractivity contribution in [3.8, 4) is 0 Å². The lowest BCUT2D eigenvalue weighted by molar-refractivity contribution is 0.551. The third kappa shape index (κ3) is 6.44. The number of rotatable bonds is 10. The molecule has 1 aromatic carbocycles. The first-order chi connectivity index (χ1) is 8.88. The highest BCUT2D eigenvalue weighted by molar-refractivity contribution is 6.18. The van der Waals surface area contributed by atoms with Crippen LogP contribution in [0.3, 0.4) is 0 Å². The van der Waals surface area contributed by atoms with Gasteiger partial charge in [-0.25, -0.2) is 0 Å². The predicted molar refractivity (Wildman–Crippen MR) is 82.5 cm³/mol. The van der Waals surface area contributed by atoms with Crippen LogP contribution >= 0.6 is 11.6 Å². The van der Waals surface area contributed by atoms with Crippen molar-refractivity contribution in [1.82, 2.24) is 0 Å². The van der Waals surface area contributed by atoms with E-state index in [2.05, 4.69) is 37.3 Å². The molecule has 1 unspecified atom stereocenters. The lowest BCUT2D eigenvalue weighted by atomic mass is 9.94. The van der Waals surface area contributed by atoms with Crippen molar-refractivity contribution in [2.45, 2.75) is 64.2 Å². The molecule has 0 aliphatic carbocycles. The van der Waals surface area contributed by atoms with E-state index in [1.54, 1.807) is 0 Å². The van der Waals surface area contributed by atoms with Crippen molar-refractivity contribution >= 4 is 11.6 Å². The zero-order valence-corrected chi connectivity index (χ0v) is 12.5. The van der Waals surface area contributed by atoms with Crippen LogP contribution < -0.4 is 0 Å². The molecule has 0 saturated heterocycles. The molecule has 102 valence electrons. The van der Waals surface area contributed by atoms with Crippen LogP contribution in [0.25, 0.3) is 0 Å². The summed E-state index contributed by atoms with van der Waals surface area (Å²) in [5.41, 5.74) is 1.40. The van der Waals surface area contributed by atoms with Crippen LogP contribution in [0.4, 0.5) is 0 Å². The maximum absolute atomic E-state index is 6.08. The quantitative estimate of drug-likeness (QED) is 0.352. The number of unbranched alkanes of at least 4 members (excludes halogenated alkanes) is 6. The topological polar surface area (TPSA) is 0 Å². The highest BCUT2D eigenvalue weighted by atomic mass is 35.5. The van der Waals surface area contributed by atoms with Crippen molar-refractivity contribution in [2.24, 2.45) is 0 Å².